The van der Waals surface area contributed by atoms with Crippen LogP contribution in [0.2, 0.25) is 0 Å². The quantitative estimate of drug-likeness (QED) is 0.670. The van der Waals surface area contributed by atoms with Crippen molar-refractivity contribution in [1.29, 1.82) is 0 Å². The van der Waals surface area contributed by atoms with E-state index < -0.39 is 0 Å². The molecule has 1 N–H and O–H groups in total. The van der Waals surface area contributed by atoms with Gasteiger partial charge in [0.1, 0.15) is 0 Å². The van der Waals surface area contributed by atoms with Crippen LogP contribution >= 0.6 is 11.8 Å². The largest absolute Gasteiger partial charge is 0.312 e. The smallest absolute Gasteiger partial charge is 0.223 e. The second-order valence-corrected chi connectivity index (χ2v) is 5.91. The Hall–Kier alpha value is -1.00. The van der Waals surface area contributed by atoms with E-state index in [-0.39, 0.29) is 5.91 Å². The van der Waals surface area contributed by atoms with Crippen LogP contribution in [0.25, 0.3) is 0 Å². The number of anilines is 1. The SMILES string of the molecule is CC(=O)N1CCc2cc(SCNC(C)C)ccc21. The van der Waals surface area contributed by atoms with E-state index in [0.717, 1.165) is 24.5 Å². The molecular weight excluding hydrogens is 244 g/mol. The zero-order valence-electron chi connectivity index (χ0n) is 11.2. The molecule has 0 fully saturated rings. The molecule has 3 nitrogen and oxygen atoms in total. The molecule has 0 spiro atoms. The summed E-state index contributed by atoms with van der Waals surface area (Å²) in [4.78, 5) is 14.6. The van der Waals surface area contributed by atoms with Crippen LogP contribution < -0.4 is 10.2 Å². The highest BCUT2D eigenvalue weighted by Crippen LogP contribution is 2.31. The van der Waals surface area contributed by atoms with E-state index in [9.17, 15) is 4.79 Å². The molecular formula is C14H20N2OS. The van der Waals surface area contributed by atoms with Gasteiger partial charge in [0.25, 0.3) is 0 Å². The Morgan fingerprint density at radius 3 is 2.94 bits per heavy atom. The van der Waals surface area contributed by atoms with E-state index in [1.165, 1.54) is 10.5 Å². The van der Waals surface area contributed by atoms with Crippen molar-refractivity contribution >= 4 is 23.4 Å². The Balaban J connectivity index is 2.03. The molecule has 1 aromatic rings. The number of hydrogen-bond donors (Lipinski definition) is 1. The fourth-order valence-corrected chi connectivity index (χ4v) is 3.06. The van der Waals surface area contributed by atoms with Crippen molar-refractivity contribution in [1.82, 2.24) is 5.32 Å². The molecule has 18 heavy (non-hydrogen) atoms. The first-order valence-corrected chi connectivity index (χ1v) is 7.33. The van der Waals surface area contributed by atoms with Crippen LogP contribution in [0.5, 0.6) is 0 Å². The summed E-state index contributed by atoms with van der Waals surface area (Å²) in [6.45, 7) is 6.75. The molecule has 0 saturated carbocycles. The maximum absolute atomic E-state index is 11.5. The number of carbonyl (C=O) groups is 1. The Morgan fingerprint density at radius 1 is 1.50 bits per heavy atom. The van der Waals surface area contributed by atoms with Gasteiger partial charge in [0, 0.05) is 36.0 Å². The Kier molecular flexibility index (Phi) is 4.30. The van der Waals surface area contributed by atoms with Gasteiger partial charge in [-0.25, -0.2) is 0 Å². The molecule has 2 rings (SSSR count). The fraction of sp³-hybridized carbons (Fsp3) is 0.500. The topological polar surface area (TPSA) is 32.3 Å². The average Bonchev–Trinajstić information content (AvgIpc) is 2.71. The van der Waals surface area contributed by atoms with Crippen molar-refractivity contribution in [3.8, 4) is 0 Å². The van der Waals surface area contributed by atoms with Crippen LogP contribution in [0.15, 0.2) is 23.1 Å². The van der Waals surface area contributed by atoms with Crippen molar-refractivity contribution in [2.45, 2.75) is 38.1 Å². The Bertz CT molecular complexity index is 445. The second-order valence-electron chi connectivity index (χ2n) is 4.86. The van der Waals surface area contributed by atoms with Gasteiger partial charge in [-0.3, -0.25) is 4.79 Å². The van der Waals surface area contributed by atoms with E-state index >= 15 is 0 Å². The van der Waals surface area contributed by atoms with Gasteiger partial charge in [-0.1, -0.05) is 13.8 Å². The first kappa shape index (κ1) is 13.4. The molecule has 4 heteroatoms. The first-order chi connectivity index (χ1) is 8.58. The third kappa shape index (κ3) is 3.06. The minimum atomic E-state index is 0.135. The molecule has 0 unspecified atom stereocenters. The summed E-state index contributed by atoms with van der Waals surface area (Å²) in [5, 5.41) is 3.39. The fourth-order valence-electron chi connectivity index (χ4n) is 2.09. The number of nitrogens with zero attached hydrogens (tertiary/aromatic N) is 1. The van der Waals surface area contributed by atoms with Crippen molar-refractivity contribution in [2.24, 2.45) is 0 Å². The third-order valence-corrected chi connectivity index (χ3v) is 3.96. The molecule has 0 bridgehead atoms. The average molecular weight is 264 g/mol. The van der Waals surface area contributed by atoms with Crippen LogP contribution in [0, 0.1) is 0 Å². The lowest BCUT2D eigenvalue weighted by atomic mass is 10.2. The van der Waals surface area contributed by atoms with E-state index in [4.69, 9.17) is 0 Å². The summed E-state index contributed by atoms with van der Waals surface area (Å²) < 4.78 is 0. The first-order valence-electron chi connectivity index (χ1n) is 6.35. The lowest BCUT2D eigenvalue weighted by Gasteiger charge is -2.15. The van der Waals surface area contributed by atoms with Crippen LogP contribution in [0.3, 0.4) is 0 Å². The third-order valence-electron chi connectivity index (χ3n) is 3.06. The number of amides is 1. The molecule has 1 heterocycles. The van der Waals surface area contributed by atoms with Gasteiger partial charge in [0.05, 0.1) is 0 Å². The summed E-state index contributed by atoms with van der Waals surface area (Å²) in [6.07, 6.45) is 0.973. The molecule has 1 aromatic carbocycles. The predicted molar refractivity (Wildman–Crippen MR) is 77.2 cm³/mol. The molecule has 1 aliphatic heterocycles. The minimum absolute atomic E-state index is 0.135. The van der Waals surface area contributed by atoms with Crippen molar-refractivity contribution in [2.75, 3.05) is 17.3 Å². The number of thioether (sulfide) groups is 1. The molecule has 0 saturated heterocycles. The predicted octanol–water partition coefficient (Wildman–Crippen LogP) is 2.64. The van der Waals surface area contributed by atoms with Crippen LogP contribution in [0.1, 0.15) is 26.3 Å². The molecule has 0 radical (unpaired) electrons. The highest BCUT2D eigenvalue weighted by atomic mass is 32.2. The summed E-state index contributed by atoms with van der Waals surface area (Å²) in [5.74, 6) is 1.06. The van der Waals surface area contributed by atoms with Crippen molar-refractivity contribution in [3.05, 3.63) is 23.8 Å². The number of rotatable bonds is 4. The van der Waals surface area contributed by atoms with Crippen LogP contribution in [-0.2, 0) is 11.2 Å². The lowest BCUT2D eigenvalue weighted by Crippen LogP contribution is -2.25. The van der Waals surface area contributed by atoms with E-state index in [2.05, 4.69) is 37.4 Å². The van der Waals surface area contributed by atoms with Crippen LogP contribution in [0.4, 0.5) is 5.69 Å². The Morgan fingerprint density at radius 2 is 2.28 bits per heavy atom. The van der Waals surface area contributed by atoms with Gasteiger partial charge in [-0.2, -0.15) is 0 Å². The van der Waals surface area contributed by atoms with E-state index in [1.54, 1.807) is 6.92 Å². The van der Waals surface area contributed by atoms with Gasteiger partial charge in [0.2, 0.25) is 5.91 Å². The molecule has 1 amide bonds. The standard InChI is InChI=1S/C14H20N2OS/c1-10(2)15-9-18-13-4-5-14-12(8-13)6-7-16(14)11(3)17/h4-5,8,10,15H,6-7,9H2,1-3H3. The van der Waals surface area contributed by atoms with Crippen molar-refractivity contribution < 1.29 is 4.79 Å². The molecule has 1 aliphatic rings. The maximum Gasteiger partial charge on any atom is 0.223 e. The molecule has 0 atom stereocenters. The number of carbonyl (C=O) groups excluding carboxylic acids is 1. The number of nitrogens with one attached hydrogen (secondary N) is 1. The molecule has 98 valence electrons. The van der Waals surface area contributed by atoms with Gasteiger partial charge in [-0.05, 0) is 30.2 Å². The summed E-state index contributed by atoms with van der Waals surface area (Å²) in [7, 11) is 0. The highest BCUT2D eigenvalue weighted by molar-refractivity contribution is 7.99. The van der Waals surface area contributed by atoms with Gasteiger partial charge in [-0.15, -0.1) is 11.8 Å². The zero-order chi connectivity index (χ0) is 13.1. The number of fused-ring (bicyclic) bond motifs is 1. The zero-order valence-corrected chi connectivity index (χ0v) is 12.0. The number of hydrogen-bond acceptors (Lipinski definition) is 3. The van der Waals surface area contributed by atoms with E-state index in [1.807, 2.05) is 16.7 Å². The summed E-state index contributed by atoms with van der Waals surface area (Å²) in [6, 6.07) is 6.90. The molecule has 0 aromatic heterocycles. The lowest BCUT2D eigenvalue weighted by molar-refractivity contribution is -0.116. The van der Waals surface area contributed by atoms with Gasteiger partial charge in [0.15, 0.2) is 0 Å². The second kappa shape index (κ2) is 5.76. The summed E-state index contributed by atoms with van der Waals surface area (Å²) >= 11 is 1.81. The summed E-state index contributed by atoms with van der Waals surface area (Å²) in [5.41, 5.74) is 2.38. The highest BCUT2D eigenvalue weighted by Gasteiger charge is 2.21. The normalized spacial score (nSPS) is 14.1. The van der Waals surface area contributed by atoms with Gasteiger partial charge >= 0.3 is 0 Å². The van der Waals surface area contributed by atoms with Gasteiger partial charge < -0.3 is 10.2 Å². The van der Waals surface area contributed by atoms with Crippen molar-refractivity contribution in [3.63, 3.8) is 0 Å². The van der Waals surface area contributed by atoms with E-state index in [0.29, 0.717) is 6.04 Å². The minimum Gasteiger partial charge on any atom is -0.312 e. The number of benzene rings is 1. The maximum atomic E-state index is 11.5. The molecule has 0 aliphatic carbocycles. The Labute approximate surface area is 113 Å². The monoisotopic (exact) mass is 264 g/mol. The van der Waals surface area contributed by atoms with Crippen LogP contribution in [-0.4, -0.2) is 24.4 Å².